The molecule has 2 aromatic rings. The van der Waals surface area contributed by atoms with Crippen LogP contribution in [0.4, 0.5) is 0 Å². The zero-order valence-electron chi connectivity index (χ0n) is 16.4. The summed E-state index contributed by atoms with van der Waals surface area (Å²) >= 11 is 0. The van der Waals surface area contributed by atoms with Crippen LogP contribution in [0.15, 0.2) is 36.5 Å². The first-order chi connectivity index (χ1) is 13.6. The molecule has 1 saturated heterocycles. The molecule has 0 spiro atoms. The van der Waals surface area contributed by atoms with E-state index in [4.69, 9.17) is 0 Å². The third kappa shape index (κ3) is 3.87. The van der Waals surface area contributed by atoms with Gasteiger partial charge in [0.15, 0.2) is 0 Å². The number of pyridine rings is 1. The Morgan fingerprint density at radius 1 is 1.25 bits per heavy atom. The summed E-state index contributed by atoms with van der Waals surface area (Å²) in [4.78, 5) is 33.9. The lowest BCUT2D eigenvalue weighted by atomic mass is 10.0. The van der Waals surface area contributed by atoms with Gasteiger partial charge in [0.25, 0.3) is 0 Å². The second kappa shape index (κ2) is 8.27. The summed E-state index contributed by atoms with van der Waals surface area (Å²) in [6.07, 6.45) is 6.72. The third-order valence-corrected chi connectivity index (χ3v) is 6.08. The second-order valence-corrected chi connectivity index (χ2v) is 7.93. The molecule has 4 rings (SSSR count). The van der Waals surface area contributed by atoms with Gasteiger partial charge in [0.2, 0.25) is 11.8 Å². The fourth-order valence-electron chi connectivity index (χ4n) is 4.58. The predicted octanol–water partition coefficient (Wildman–Crippen LogP) is 2.33. The second-order valence-electron chi connectivity index (χ2n) is 7.93. The maximum atomic E-state index is 13.0. The molecule has 6 heteroatoms. The number of rotatable bonds is 5. The zero-order valence-corrected chi connectivity index (χ0v) is 16.4. The van der Waals surface area contributed by atoms with Gasteiger partial charge in [-0.25, -0.2) is 0 Å². The van der Waals surface area contributed by atoms with Crippen molar-refractivity contribution in [1.82, 2.24) is 20.1 Å². The molecule has 1 aliphatic heterocycles. The molecule has 1 aromatic heterocycles. The largest absolute Gasteiger partial charge is 0.353 e. The summed E-state index contributed by atoms with van der Waals surface area (Å²) in [7, 11) is 1.81. The van der Waals surface area contributed by atoms with Gasteiger partial charge >= 0.3 is 0 Å². The highest BCUT2D eigenvalue weighted by atomic mass is 16.2. The predicted molar refractivity (Wildman–Crippen MR) is 109 cm³/mol. The molecule has 1 N–H and O–H groups in total. The standard InChI is InChI=1S/C22H28N4O2/c1-25(15-17-7-4-6-16-8-5-11-23-21(16)17)20(27)14-19-22(28)24-12-13-26(19)18-9-2-3-10-18/h4-8,11,18-19H,2-3,9-10,12-15H2,1H3,(H,24,28)/t19-/m1/s1. The number of hydrogen-bond donors (Lipinski definition) is 1. The molecule has 6 nitrogen and oxygen atoms in total. The topological polar surface area (TPSA) is 65.5 Å². The van der Waals surface area contributed by atoms with Gasteiger partial charge in [-0.05, 0) is 24.5 Å². The van der Waals surface area contributed by atoms with Gasteiger partial charge in [-0.2, -0.15) is 0 Å². The van der Waals surface area contributed by atoms with Crippen molar-refractivity contribution in [2.45, 2.75) is 50.7 Å². The minimum atomic E-state index is -0.350. The molecule has 28 heavy (non-hydrogen) atoms. The fraction of sp³-hybridized carbons (Fsp3) is 0.500. The first kappa shape index (κ1) is 18.9. The Morgan fingerprint density at radius 3 is 2.86 bits per heavy atom. The van der Waals surface area contributed by atoms with Crippen LogP contribution in [0.5, 0.6) is 0 Å². The van der Waals surface area contributed by atoms with Crippen molar-refractivity contribution in [2.75, 3.05) is 20.1 Å². The van der Waals surface area contributed by atoms with Crippen LogP contribution in [0, 0.1) is 0 Å². The monoisotopic (exact) mass is 380 g/mol. The summed E-state index contributed by atoms with van der Waals surface area (Å²) in [6.45, 7) is 2.01. The van der Waals surface area contributed by atoms with E-state index in [9.17, 15) is 9.59 Å². The molecule has 1 atom stereocenters. The summed E-state index contributed by atoms with van der Waals surface area (Å²) < 4.78 is 0. The van der Waals surface area contributed by atoms with Crippen molar-refractivity contribution < 1.29 is 9.59 Å². The number of benzene rings is 1. The van der Waals surface area contributed by atoms with Gasteiger partial charge in [0.05, 0.1) is 18.0 Å². The molecule has 148 valence electrons. The lowest BCUT2D eigenvalue weighted by molar-refractivity contribution is -0.139. The van der Waals surface area contributed by atoms with Crippen LogP contribution in [0.25, 0.3) is 10.9 Å². The van der Waals surface area contributed by atoms with Gasteiger partial charge in [0, 0.05) is 44.3 Å². The fourth-order valence-corrected chi connectivity index (χ4v) is 4.58. The van der Waals surface area contributed by atoms with Crippen LogP contribution < -0.4 is 5.32 Å². The molecular weight excluding hydrogens is 352 g/mol. The highest BCUT2D eigenvalue weighted by Crippen LogP contribution is 2.27. The average Bonchev–Trinajstić information content (AvgIpc) is 3.24. The maximum absolute atomic E-state index is 13.0. The van der Waals surface area contributed by atoms with E-state index >= 15 is 0 Å². The van der Waals surface area contributed by atoms with Crippen molar-refractivity contribution >= 4 is 22.7 Å². The van der Waals surface area contributed by atoms with Crippen molar-refractivity contribution in [1.29, 1.82) is 0 Å². The molecule has 1 saturated carbocycles. The Balaban J connectivity index is 1.46. The number of nitrogens with zero attached hydrogens (tertiary/aromatic N) is 3. The van der Waals surface area contributed by atoms with Gasteiger partial charge in [-0.1, -0.05) is 37.1 Å². The van der Waals surface area contributed by atoms with Gasteiger partial charge in [-0.3, -0.25) is 19.5 Å². The van der Waals surface area contributed by atoms with E-state index in [2.05, 4.69) is 15.2 Å². The van der Waals surface area contributed by atoms with Crippen molar-refractivity contribution in [2.24, 2.45) is 0 Å². The summed E-state index contributed by atoms with van der Waals surface area (Å²) in [6, 6.07) is 10.1. The number of fused-ring (bicyclic) bond motifs is 1. The molecule has 1 aromatic carbocycles. The van der Waals surface area contributed by atoms with Crippen LogP contribution in [-0.4, -0.2) is 58.8 Å². The van der Waals surface area contributed by atoms with Crippen LogP contribution >= 0.6 is 0 Å². The first-order valence-electron chi connectivity index (χ1n) is 10.2. The number of hydrogen-bond acceptors (Lipinski definition) is 4. The normalized spacial score (nSPS) is 21.0. The van der Waals surface area contributed by atoms with E-state index in [0.29, 0.717) is 19.1 Å². The van der Waals surface area contributed by atoms with E-state index in [1.807, 2.05) is 37.4 Å². The Labute approximate surface area is 165 Å². The van der Waals surface area contributed by atoms with Crippen LogP contribution in [-0.2, 0) is 16.1 Å². The number of carbonyl (C=O) groups excluding carboxylic acids is 2. The zero-order chi connectivity index (χ0) is 19.5. The Kier molecular flexibility index (Phi) is 5.57. The number of piperazine rings is 1. The van der Waals surface area contributed by atoms with Gasteiger partial charge < -0.3 is 10.2 Å². The van der Waals surface area contributed by atoms with E-state index in [1.165, 1.54) is 12.8 Å². The molecule has 0 unspecified atom stereocenters. The van der Waals surface area contributed by atoms with Crippen LogP contribution in [0.1, 0.15) is 37.7 Å². The summed E-state index contributed by atoms with van der Waals surface area (Å²) in [5.41, 5.74) is 1.95. The SMILES string of the molecule is CN(Cc1cccc2cccnc12)C(=O)C[C@@H]1C(=O)NCCN1C1CCCC1. The molecule has 2 heterocycles. The minimum absolute atomic E-state index is 0.00187. The number of carbonyl (C=O) groups is 2. The molecule has 0 radical (unpaired) electrons. The Bertz CT molecular complexity index is 857. The minimum Gasteiger partial charge on any atom is -0.353 e. The number of nitrogens with one attached hydrogen (secondary N) is 1. The number of para-hydroxylation sites is 1. The maximum Gasteiger partial charge on any atom is 0.237 e. The molecule has 2 aliphatic rings. The number of aromatic nitrogens is 1. The van der Waals surface area contributed by atoms with Crippen molar-refractivity contribution in [3.63, 3.8) is 0 Å². The van der Waals surface area contributed by atoms with E-state index < -0.39 is 0 Å². The Hall–Kier alpha value is -2.47. The molecule has 2 fully saturated rings. The van der Waals surface area contributed by atoms with Crippen molar-refractivity contribution in [3.8, 4) is 0 Å². The van der Waals surface area contributed by atoms with Gasteiger partial charge in [0.1, 0.15) is 0 Å². The Morgan fingerprint density at radius 2 is 2.04 bits per heavy atom. The van der Waals surface area contributed by atoms with Crippen LogP contribution in [0.3, 0.4) is 0 Å². The molecular formula is C22H28N4O2. The van der Waals surface area contributed by atoms with E-state index in [1.54, 1.807) is 11.1 Å². The molecule has 0 bridgehead atoms. The first-order valence-corrected chi connectivity index (χ1v) is 10.2. The third-order valence-electron chi connectivity index (χ3n) is 6.08. The molecule has 1 aliphatic carbocycles. The lowest BCUT2D eigenvalue weighted by Gasteiger charge is -2.39. The smallest absolute Gasteiger partial charge is 0.237 e. The number of amides is 2. The van der Waals surface area contributed by atoms with Crippen molar-refractivity contribution in [3.05, 3.63) is 42.1 Å². The van der Waals surface area contributed by atoms with E-state index in [-0.39, 0.29) is 24.3 Å². The van der Waals surface area contributed by atoms with Crippen LogP contribution in [0.2, 0.25) is 0 Å². The van der Waals surface area contributed by atoms with E-state index in [0.717, 1.165) is 35.9 Å². The summed E-state index contributed by atoms with van der Waals surface area (Å²) in [5.74, 6) is -0.00953. The quantitative estimate of drug-likeness (QED) is 0.865. The van der Waals surface area contributed by atoms with Gasteiger partial charge in [-0.15, -0.1) is 0 Å². The highest BCUT2D eigenvalue weighted by Gasteiger charge is 2.37. The molecule has 2 amide bonds. The lowest BCUT2D eigenvalue weighted by Crippen LogP contribution is -2.59. The highest BCUT2D eigenvalue weighted by molar-refractivity contribution is 5.89. The summed E-state index contributed by atoms with van der Waals surface area (Å²) in [5, 5.41) is 4.01. The average molecular weight is 380 g/mol.